The number of anilines is 1. The van der Waals surface area contributed by atoms with Gasteiger partial charge < -0.3 is 9.88 Å². The van der Waals surface area contributed by atoms with Gasteiger partial charge in [-0.3, -0.25) is 4.79 Å². The maximum atomic E-state index is 12.6. The number of hydrogen-bond donors (Lipinski definition) is 1. The zero-order valence-electron chi connectivity index (χ0n) is 15.3. The summed E-state index contributed by atoms with van der Waals surface area (Å²) in [5, 5.41) is 3.91. The number of rotatable bonds is 7. The van der Waals surface area contributed by atoms with E-state index in [0.29, 0.717) is 15.0 Å². The first kappa shape index (κ1) is 22.1. The van der Waals surface area contributed by atoms with Gasteiger partial charge in [-0.15, -0.1) is 11.3 Å². The fourth-order valence-corrected chi connectivity index (χ4v) is 6.17. The van der Waals surface area contributed by atoms with Crippen LogP contribution in [0.1, 0.15) is 0 Å². The van der Waals surface area contributed by atoms with E-state index in [1.165, 1.54) is 30.9 Å². The third-order valence-corrected chi connectivity index (χ3v) is 8.66. The topological polar surface area (TPSA) is 84.3 Å². The highest BCUT2D eigenvalue weighted by Gasteiger charge is 2.25. The van der Waals surface area contributed by atoms with Crippen LogP contribution in [0.15, 0.2) is 57.0 Å². The second kappa shape index (κ2) is 9.07. The van der Waals surface area contributed by atoms with Gasteiger partial charge in [0.2, 0.25) is 5.91 Å². The quantitative estimate of drug-likeness (QED) is 0.536. The highest BCUT2D eigenvalue weighted by molar-refractivity contribution is 7.99. The van der Waals surface area contributed by atoms with Crippen LogP contribution >= 0.6 is 46.3 Å². The van der Waals surface area contributed by atoms with Crippen LogP contribution < -0.4 is 5.32 Å². The van der Waals surface area contributed by atoms with Crippen LogP contribution in [0.4, 0.5) is 5.69 Å². The van der Waals surface area contributed by atoms with Crippen molar-refractivity contribution < 1.29 is 13.2 Å². The van der Waals surface area contributed by atoms with Crippen LogP contribution in [0.2, 0.25) is 9.36 Å². The van der Waals surface area contributed by atoms with E-state index in [2.05, 4.69) is 10.3 Å². The third-order valence-electron chi connectivity index (χ3n) is 3.77. The Bertz CT molecular complexity index is 1140. The number of aryl methyl sites for hydroxylation is 1. The lowest BCUT2D eigenvalue weighted by molar-refractivity contribution is -0.116. The molecule has 29 heavy (non-hydrogen) atoms. The first-order valence-corrected chi connectivity index (χ1v) is 12.0. The van der Waals surface area contributed by atoms with Crippen molar-refractivity contribution in [2.45, 2.75) is 14.3 Å². The zero-order valence-corrected chi connectivity index (χ0v) is 19.3. The number of carbonyl (C=O) groups is 1. The zero-order chi connectivity index (χ0) is 21.2. The molecule has 3 aromatic rings. The van der Waals surface area contributed by atoms with Crippen LogP contribution in [-0.4, -0.2) is 41.8 Å². The Hall–Kier alpha value is -1.56. The van der Waals surface area contributed by atoms with Gasteiger partial charge in [-0.05, 0) is 42.1 Å². The number of thiophene rings is 1. The summed E-state index contributed by atoms with van der Waals surface area (Å²) >= 11 is 14.2. The van der Waals surface area contributed by atoms with E-state index < -0.39 is 15.9 Å². The normalized spacial score (nSPS) is 11.8. The molecule has 0 aliphatic carbocycles. The fraction of sp³-hybridized carbons (Fsp3) is 0.176. The molecule has 0 fully saturated rings. The van der Waals surface area contributed by atoms with Crippen molar-refractivity contribution in [2.75, 3.05) is 18.9 Å². The van der Waals surface area contributed by atoms with Gasteiger partial charge in [0, 0.05) is 36.4 Å². The molecule has 1 N–H and O–H groups in total. The average Bonchev–Trinajstić information content (AvgIpc) is 3.26. The lowest BCUT2D eigenvalue weighted by Gasteiger charge is -2.17. The molecule has 0 unspecified atom stereocenters. The van der Waals surface area contributed by atoms with Crippen LogP contribution in [0.25, 0.3) is 0 Å². The van der Waals surface area contributed by atoms with Gasteiger partial charge in [0.25, 0.3) is 10.0 Å². The predicted octanol–water partition coefficient (Wildman–Crippen LogP) is 4.20. The lowest BCUT2D eigenvalue weighted by Crippen LogP contribution is -2.34. The molecule has 154 valence electrons. The lowest BCUT2D eigenvalue weighted by atomic mass is 10.3. The van der Waals surface area contributed by atoms with E-state index in [4.69, 9.17) is 23.2 Å². The van der Waals surface area contributed by atoms with E-state index in [-0.39, 0.29) is 10.8 Å². The minimum Gasteiger partial charge on any atom is -0.329 e. The Labute approximate surface area is 186 Å². The van der Waals surface area contributed by atoms with E-state index in [9.17, 15) is 13.2 Å². The van der Waals surface area contributed by atoms with Crippen molar-refractivity contribution >= 4 is 67.9 Å². The number of nitrogens with zero attached hydrogens (tertiary/aromatic N) is 3. The summed E-state index contributed by atoms with van der Waals surface area (Å²) in [5.41, 5.74) is 0.473. The third kappa shape index (κ3) is 5.33. The number of imidazole rings is 1. The smallest absolute Gasteiger partial charge is 0.252 e. The minimum absolute atomic E-state index is 0.0755. The van der Waals surface area contributed by atoms with Gasteiger partial charge in [-0.25, -0.2) is 13.4 Å². The predicted molar refractivity (Wildman–Crippen MR) is 117 cm³/mol. The maximum absolute atomic E-state index is 12.6. The van der Waals surface area contributed by atoms with Crippen LogP contribution in [0.3, 0.4) is 0 Å². The Balaban J connectivity index is 1.75. The van der Waals surface area contributed by atoms with Crippen molar-refractivity contribution in [1.82, 2.24) is 13.9 Å². The molecular formula is C17H16Cl2N4O3S3. The van der Waals surface area contributed by atoms with Crippen molar-refractivity contribution in [1.29, 1.82) is 0 Å². The van der Waals surface area contributed by atoms with Crippen molar-refractivity contribution in [2.24, 2.45) is 7.05 Å². The van der Waals surface area contributed by atoms with E-state index >= 15 is 0 Å². The molecule has 0 aliphatic heterocycles. The van der Waals surface area contributed by atoms with Gasteiger partial charge in [-0.1, -0.05) is 23.2 Å². The summed E-state index contributed by atoms with van der Waals surface area (Å²) in [4.78, 5) is 17.5. The molecular weight excluding hydrogens is 475 g/mol. The Morgan fingerprint density at radius 3 is 2.69 bits per heavy atom. The molecule has 1 amide bonds. The van der Waals surface area contributed by atoms with Crippen molar-refractivity contribution in [3.8, 4) is 0 Å². The maximum Gasteiger partial charge on any atom is 0.252 e. The van der Waals surface area contributed by atoms with E-state index in [0.717, 1.165) is 25.7 Å². The summed E-state index contributed by atoms with van der Waals surface area (Å²) in [5.74, 6) is -0.498. The van der Waals surface area contributed by atoms with Gasteiger partial charge in [-0.2, -0.15) is 4.31 Å². The molecule has 0 saturated heterocycles. The second-order valence-electron chi connectivity index (χ2n) is 5.93. The number of carbonyl (C=O) groups excluding carboxylic acids is 1. The second-order valence-corrected chi connectivity index (χ2v) is 11.4. The van der Waals surface area contributed by atoms with E-state index in [1.807, 2.05) is 17.8 Å². The van der Waals surface area contributed by atoms with Crippen molar-refractivity contribution in [3.63, 3.8) is 0 Å². The molecule has 0 radical (unpaired) electrons. The first-order valence-electron chi connectivity index (χ1n) is 8.13. The van der Waals surface area contributed by atoms with Crippen LogP contribution in [-0.2, 0) is 21.9 Å². The molecule has 0 aliphatic rings. The molecule has 3 rings (SSSR count). The van der Waals surface area contributed by atoms with Crippen molar-refractivity contribution in [3.05, 3.63) is 52.1 Å². The minimum atomic E-state index is -3.81. The summed E-state index contributed by atoms with van der Waals surface area (Å²) in [6.07, 6.45) is 3.49. The number of nitrogens with one attached hydrogen (secondary N) is 1. The monoisotopic (exact) mass is 490 g/mol. The number of benzene rings is 1. The van der Waals surface area contributed by atoms with Gasteiger partial charge >= 0.3 is 0 Å². The molecule has 12 heteroatoms. The van der Waals surface area contributed by atoms with Gasteiger partial charge in [0.15, 0.2) is 5.16 Å². The number of amides is 1. The molecule has 0 bridgehead atoms. The molecule has 0 spiro atoms. The first-order chi connectivity index (χ1) is 13.7. The summed E-state index contributed by atoms with van der Waals surface area (Å²) in [7, 11) is -0.610. The number of sulfonamides is 1. The van der Waals surface area contributed by atoms with Crippen LogP contribution in [0, 0.1) is 0 Å². The Kier molecular flexibility index (Phi) is 6.92. The summed E-state index contributed by atoms with van der Waals surface area (Å²) in [6.45, 7) is -0.364. The molecule has 0 saturated carbocycles. The summed E-state index contributed by atoms with van der Waals surface area (Å²) in [6, 6.07) is 8.00. The van der Waals surface area contributed by atoms with Gasteiger partial charge in [0.05, 0.1) is 16.6 Å². The molecule has 2 aromatic heterocycles. The number of hydrogen-bond acceptors (Lipinski definition) is 6. The largest absolute Gasteiger partial charge is 0.329 e. The fourth-order valence-electron chi connectivity index (χ4n) is 2.30. The molecule has 1 aromatic carbocycles. The highest BCUT2D eigenvalue weighted by Crippen LogP contribution is 2.34. The highest BCUT2D eigenvalue weighted by atomic mass is 35.5. The average molecular weight is 491 g/mol. The van der Waals surface area contributed by atoms with Crippen LogP contribution in [0.5, 0.6) is 0 Å². The number of aromatic nitrogens is 2. The van der Waals surface area contributed by atoms with E-state index in [1.54, 1.807) is 24.4 Å². The molecule has 7 nitrogen and oxygen atoms in total. The van der Waals surface area contributed by atoms with Gasteiger partial charge in [0.1, 0.15) is 4.21 Å². The SMILES string of the molecule is CN(CC(=O)Nc1cc(Cl)ccc1Sc1nccn1C)S(=O)(=O)c1ccc(Cl)s1. The molecule has 2 heterocycles. The Morgan fingerprint density at radius 1 is 1.31 bits per heavy atom. The number of likely N-dealkylation sites (N-methyl/N-ethyl adjacent to an activating group) is 1. The Morgan fingerprint density at radius 2 is 2.07 bits per heavy atom. The number of halogens is 2. The molecule has 0 atom stereocenters. The summed E-state index contributed by atoms with van der Waals surface area (Å²) < 4.78 is 28.4. The standard InChI is InChI=1S/C17H16Cl2N4O3S3/c1-22-8-7-20-17(22)27-13-4-3-11(18)9-12(13)21-15(24)10-23(2)29(25,26)16-6-5-14(19)28-16/h3-9H,10H2,1-2H3,(H,21,24).